The Bertz CT molecular complexity index is 961. The molecule has 0 spiro atoms. The highest BCUT2D eigenvalue weighted by Gasteiger charge is 2.36. The first kappa shape index (κ1) is 24.3. The number of nitrogens with zero attached hydrogens (tertiary/aromatic N) is 1. The first-order chi connectivity index (χ1) is 16.5. The molecular weight excluding hydrogens is 426 g/mol. The van der Waals surface area contributed by atoms with Gasteiger partial charge in [-0.05, 0) is 91.6 Å². The van der Waals surface area contributed by atoms with Crippen LogP contribution < -0.4 is 9.47 Å². The molecule has 2 aromatic carbocycles. The average molecular weight is 464 g/mol. The maximum atomic E-state index is 11.9. The van der Waals surface area contributed by atoms with Gasteiger partial charge in [-0.15, -0.1) is 0 Å². The van der Waals surface area contributed by atoms with Crippen LogP contribution >= 0.6 is 0 Å². The van der Waals surface area contributed by atoms with Gasteiger partial charge in [0.15, 0.2) is 0 Å². The highest BCUT2D eigenvalue weighted by atomic mass is 16.5. The summed E-state index contributed by atoms with van der Waals surface area (Å²) >= 11 is 0. The third kappa shape index (κ3) is 6.01. The number of benzene rings is 2. The number of hydrogen-bond donors (Lipinski definition) is 1. The number of hydrogen-bond acceptors (Lipinski definition) is 4. The predicted molar refractivity (Wildman–Crippen MR) is 135 cm³/mol. The van der Waals surface area contributed by atoms with Gasteiger partial charge in [0, 0.05) is 6.54 Å². The van der Waals surface area contributed by atoms with Crippen molar-refractivity contribution in [2.75, 3.05) is 33.4 Å². The third-order valence-electron chi connectivity index (χ3n) is 7.50. The molecule has 5 nitrogen and oxygen atoms in total. The lowest BCUT2D eigenvalue weighted by atomic mass is 9.69. The van der Waals surface area contributed by atoms with E-state index in [0.29, 0.717) is 13.0 Å². The molecule has 3 atom stereocenters. The number of methoxy groups -OCH3 is 1. The number of carboxylic acids is 1. The Kier molecular flexibility index (Phi) is 8.28. The summed E-state index contributed by atoms with van der Waals surface area (Å²) in [5, 5.41) is 9.76. The Balaban J connectivity index is 1.43. The van der Waals surface area contributed by atoms with Crippen LogP contribution in [0.15, 0.2) is 54.6 Å². The molecule has 3 unspecified atom stereocenters. The van der Waals surface area contributed by atoms with Crippen LogP contribution in [0.4, 0.5) is 0 Å². The summed E-state index contributed by atoms with van der Waals surface area (Å²) in [6, 6.07) is 16.4. The van der Waals surface area contributed by atoms with Crippen molar-refractivity contribution in [2.45, 2.75) is 39.0 Å². The maximum Gasteiger partial charge on any atom is 0.307 e. The van der Waals surface area contributed by atoms with Gasteiger partial charge in [0.1, 0.15) is 18.1 Å². The molecule has 2 aliphatic rings. The van der Waals surface area contributed by atoms with E-state index in [2.05, 4.69) is 42.2 Å². The summed E-state index contributed by atoms with van der Waals surface area (Å²) in [7, 11) is 1.66. The van der Waals surface area contributed by atoms with Crippen LogP contribution in [0.1, 0.15) is 43.7 Å². The van der Waals surface area contributed by atoms with Crippen molar-refractivity contribution in [1.82, 2.24) is 4.90 Å². The summed E-state index contributed by atoms with van der Waals surface area (Å²) in [6.45, 7) is 6.14. The van der Waals surface area contributed by atoms with Crippen molar-refractivity contribution in [3.63, 3.8) is 0 Å². The van der Waals surface area contributed by atoms with Crippen molar-refractivity contribution in [2.24, 2.45) is 17.8 Å². The molecule has 0 radical (unpaired) electrons. The SMILES string of the molecule is COc1ccc(C2=CCC(C(=O)O)C(C)C2Cc2ccc(OCCN3CCCCC3)cc2)cc1. The number of carbonyl (C=O) groups is 1. The van der Waals surface area contributed by atoms with Crippen molar-refractivity contribution in [3.8, 4) is 11.5 Å². The molecule has 0 aromatic heterocycles. The number of carboxylic acid groups (broad SMARTS) is 1. The van der Waals surface area contributed by atoms with Gasteiger partial charge >= 0.3 is 5.97 Å². The highest BCUT2D eigenvalue weighted by molar-refractivity contribution is 5.76. The largest absolute Gasteiger partial charge is 0.497 e. The lowest BCUT2D eigenvalue weighted by Gasteiger charge is -2.35. The number of piperidine rings is 1. The minimum Gasteiger partial charge on any atom is -0.497 e. The molecule has 2 aromatic rings. The fourth-order valence-electron chi connectivity index (χ4n) is 5.37. The molecule has 1 N–H and O–H groups in total. The quantitative estimate of drug-likeness (QED) is 0.529. The Morgan fingerprint density at radius 1 is 1.00 bits per heavy atom. The van der Waals surface area contributed by atoms with Gasteiger partial charge in [-0.25, -0.2) is 0 Å². The Morgan fingerprint density at radius 3 is 2.32 bits per heavy atom. The van der Waals surface area contributed by atoms with Gasteiger partial charge in [0.25, 0.3) is 0 Å². The fourth-order valence-corrected chi connectivity index (χ4v) is 5.37. The second kappa shape index (κ2) is 11.6. The molecule has 1 fully saturated rings. The van der Waals surface area contributed by atoms with Gasteiger partial charge in [-0.3, -0.25) is 9.69 Å². The zero-order valence-corrected chi connectivity index (χ0v) is 20.4. The molecule has 0 amide bonds. The standard InChI is InChI=1S/C29H37NO4/c1-21-26(29(31)32)14-15-27(23-8-12-24(33-2)13-9-23)28(21)20-22-6-10-25(11-7-22)34-19-18-30-16-4-3-5-17-30/h6-13,15,21,26,28H,3-5,14,16-20H2,1-2H3,(H,31,32). The molecule has 34 heavy (non-hydrogen) atoms. The first-order valence-corrected chi connectivity index (χ1v) is 12.6. The van der Waals surface area contributed by atoms with E-state index in [4.69, 9.17) is 9.47 Å². The Hall–Kier alpha value is -2.79. The lowest BCUT2D eigenvalue weighted by Crippen LogP contribution is -2.33. The van der Waals surface area contributed by atoms with Gasteiger partial charge in [0.2, 0.25) is 0 Å². The number of ether oxygens (including phenoxy) is 2. The number of allylic oxidation sites excluding steroid dienone is 2. The van der Waals surface area contributed by atoms with E-state index in [1.807, 2.05) is 24.3 Å². The number of aliphatic carboxylic acids is 1. The number of rotatable bonds is 9. The molecule has 1 saturated heterocycles. The molecule has 5 heteroatoms. The Labute approximate surface area is 203 Å². The highest BCUT2D eigenvalue weighted by Crippen LogP contribution is 2.42. The van der Waals surface area contributed by atoms with E-state index in [-0.39, 0.29) is 17.8 Å². The van der Waals surface area contributed by atoms with E-state index >= 15 is 0 Å². The molecule has 182 valence electrons. The molecule has 0 saturated carbocycles. The third-order valence-corrected chi connectivity index (χ3v) is 7.50. The second-order valence-corrected chi connectivity index (χ2v) is 9.63. The van der Waals surface area contributed by atoms with E-state index in [1.165, 1.54) is 43.5 Å². The van der Waals surface area contributed by atoms with E-state index in [1.54, 1.807) is 7.11 Å². The summed E-state index contributed by atoms with van der Waals surface area (Å²) in [5.41, 5.74) is 3.57. The van der Waals surface area contributed by atoms with Crippen LogP contribution in [0.25, 0.3) is 5.57 Å². The van der Waals surface area contributed by atoms with Crippen molar-refractivity contribution in [3.05, 3.63) is 65.7 Å². The molecule has 4 rings (SSSR count). The normalized spacial score (nSPS) is 23.2. The van der Waals surface area contributed by atoms with Gasteiger partial charge in [0.05, 0.1) is 13.0 Å². The Morgan fingerprint density at radius 2 is 1.68 bits per heavy atom. The summed E-state index contributed by atoms with van der Waals surface area (Å²) in [6.07, 6.45) is 7.44. The molecule has 1 heterocycles. The maximum absolute atomic E-state index is 11.9. The van der Waals surface area contributed by atoms with Crippen LogP contribution in [0.5, 0.6) is 11.5 Å². The van der Waals surface area contributed by atoms with Gasteiger partial charge < -0.3 is 14.6 Å². The monoisotopic (exact) mass is 463 g/mol. The summed E-state index contributed by atoms with van der Waals surface area (Å²) in [4.78, 5) is 14.4. The second-order valence-electron chi connectivity index (χ2n) is 9.63. The lowest BCUT2D eigenvalue weighted by molar-refractivity contribution is -0.144. The van der Waals surface area contributed by atoms with Gasteiger partial charge in [-0.2, -0.15) is 0 Å². The van der Waals surface area contributed by atoms with Gasteiger partial charge in [-0.1, -0.05) is 43.7 Å². The molecule has 1 aliphatic heterocycles. The van der Waals surface area contributed by atoms with Crippen LogP contribution in [0, 0.1) is 17.8 Å². The average Bonchev–Trinajstić information content (AvgIpc) is 2.87. The summed E-state index contributed by atoms with van der Waals surface area (Å²) in [5.74, 6) is 0.828. The molecule has 0 bridgehead atoms. The molecule has 1 aliphatic carbocycles. The zero-order valence-electron chi connectivity index (χ0n) is 20.4. The topological polar surface area (TPSA) is 59.0 Å². The van der Waals surface area contributed by atoms with Crippen LogP contribution in [0.3, 0.4) is 0 Å². The minimum atomic E-state index is -0.708. The predicted octanol–water partition coefficient (Wildman–Crippen LogP) is 5.54. The van der Waals surface area contributed by atoms with Crippen molar-refractivity contribution < 1.29 is 19.4 Å². The first-order valence-electron chi connectivity index (χ1n) is 12.6. The van der Waals surface area contributed by atoms with Crippen molar-refractivity contribution in [1.29, 1.82) is 0 Å². The van der Waals surface area contributed by atoms with E-state index in [9.17, 15) is 9.90 Å². The van der Waals surface area contributed by atoms with Crippen LogP contribution in [-0.2, 0) is 11.2 Å². The van der Waals surface area contributed by atoms with Crippen LogP contribution in [-0.4, -0.2) is 49.3 Å². The smallest absolute Gasteiger partial charge is 0.307 e. The fraction of sp³-hybridized carbons (Fsp3) is 0.483. The van der Waals surface area contributed by atoms with E-state index < -0.39 is 5.97 Å². The minimum absolute atomic E-state index is 0.0417. The molecular formula is C29H37NO4. The van der Waals surface area contributed by atoms with Crippen LogP contribution in [0.2, 0.25) is 0 Å². The van der Waals surface area contributed by atoms with E-state index in [0.717, 1.165) is 30.0 Å². The summed E-state index contributed by atoms with van der Waals surface area (Å²) < 4.78 is 11.3. The number of likely N-dealkylation sites (tertiary alicyclic amines) is 1. The van der Waals surface area contributed by atoms with Crippen molar-refractivity contribution >= 4 is 11.5 Å². The zero-order chi connectivity index (χ0) is 23.9.